The molecule has 0 spiro atoms. The van der Waals surface area contributed by atoms with Crippen LogP contribution >= 0.6 is 11.6 Å². The molecule has 1 atom stereocenters. The van der Waals surface area contributed by atoms with Gasteiger partial charge in [-0.3, -0.25) is 4.57 Å². The number of sulfone groups is 1. The number of furan rings is 1. The van der Waals surface area contributed by atoms with Crippen LogP contribution in [0, 0.1) is 0 Å². The van der Waals surface area contributed by atoms with Crippen molar-refractivity contribution >= 4 is 21.4 Å². The van der Waals surface area contributed by atoms with Crippen molar-refractivity contribution in [2.45, 2.75) is 24.3 Å². The standard InChI is InChI=1S/C24H24ClN3O5S/c1-16(14-17-9-11-18(25)12-10-17)34(29,30)15-22-26-27-24(21-8-5-13-33-21)28(22)23-19(31-2)6-4-7-20(23)32-3/h4-13,16H,14-15H2,1-3H3/t16-/m1/s1. The third kappa shape index (κ3) is 4.80. The van der Waals surface area contributed by atoms with Crippen LogP contribution < -0.4 is 9.47 Å². The summed E-state index contributed by atoms with van der Waals surface area (Å²) in [4.78, 5) is 0. The Morgan fingerprint density at radius 3 is 2.26 bits per heavy atom. The van der Waals surface area contributed by atoms with E-state index in [0.29, 0.717) is 40.2 Å². The number of hydrogen-bond acceptors (Lipinski definition) is 7. The Bertz CT molecular complexity index is 1340. The molecule has 0 aliphatic heterocycles. The fourth-order valence-electron chi connectivity index (χ4n) is 3.66. The zero-order valence-corrected chi connectivity index (χ0v) is 20.5. The molecule has 8 nitrogen and oxygen atoms in total. The second-order valence-corrected chi connectivity index (χ2v) is 10.6. The Morgan fingerprint density at radius 1 is 1.00 bits per heavy atom. The van der Waals surface area contributed by atoms with E-state index < -0.39 is 15.1 Å². The Morgan fingerprint density at radius 2 is 1.68 bits per heavy atom. The van der Waals surface area contributed by atoms with Gasteiger partial charge in [0.2, 0.25) is 5.82 Å². The molecular formula is C24H24ClN3O5S. The van der Waals surface area contributed by atoms with E-state index in [0.717, 1.165) is 5.56 Å². The van der Waals surface area contributed by atoms with Crippen molar-refractivity contribution in [3.63, 3.8) is 0 Å². The van der Waals surface area contributed by atoms with Crippen LogP contribution in [0.5, 0.6) is 11.5 Å². The fraction of sp³-hybridized carbons (Fsp3) is 0.250. The largest absolute Gasteiger partial charge is 0.494 e. The molecule has 0 unspecified atom stereocenters. The van der Waals surface area contributed by atoms with Crippen molar-refractivity contribution in [3.05, 3.63) is 77.3 Å². The zero-order valence-electron chi connectivity index (χ0n) is 18.9. The summed E-state index contributed by atoms with van der Waals surface area (Å²) >= 11 is 5.95. The van der Waals surface area contributed by atoms with Gasteiger partial charge in [0.25, 0.3) is 0 Å². The average Bonchev–Trinajstić information content (AvgIpc) is 3.49. The molecule has 0 N–H and O–H groups in total. The summed E-state index contributed by atoms with van der Waals surface area (Å²) in [6.45, 7) is 1.68. The summed E-state index contributed by atoms with van der Waals surface area (Å²) in [7, 11) is -0.560. The van der Waals surface area contributed by atoms with Crippen LogP contribution in [0.1, 0.15) is 18.3 Å². The van der Waals surface area contributed by atoms with Crippen molar-refractivity contribution < 1.29 is 22.3 Å². The highest BCUT2D eigenvalue weighted by atomic mass is 35.5. The number of nitrogens with zero attached hydrogens (tertiary/aromatic N) is 3. The summed E-state index contributed by atoms with van der Waals surface area (Å²) in [5.74, 6) is 1.59. The lowest BCUT2D eigenvalue weighted by atomic mass is 10.1. The molecule has 2 aromatic carbocycles. The minimum absolute atomic E-state index is 0.220. The number of halogens is 1. The Hall–Kier alpha value is -3.30. The van der Waals surface area contributed by atoms with E-state index in [1.807, 2.05) is 12.1 Å². The Kier molecular flexibility index (Phi) is 6.95. The molecule has 0 saturated carbocycles. The predicted molar refractivity (Wildman–Crippen MR) is 129 cm³/mol. The zero-order chi connectivity index (χ0) is 24.3. The molecule has 0 fully saturated rings. The molecule has 2 heterocycles. The van der Waals surface area contributed by atoms with Crippen LogP contribution in [0.25, 0.3) is 17.3 Å². The average molecular weight is 502 g/mol. The maximum Gasteiger partial charge on any atom is 0.204 e. The number of methoxy groups -OCH3 is 2. The number of rotatable bonds is 9. The maximum atomic E-state index is 13.4. The first kappa shape index (κ1) is 23.8. The molecular weight excluding hydrogens is 478 g/mol. The van der Waals surface area contributed by atoms with E-state index in [4.69, 9.17) is 25.5 Å². The van der Waals surface area contributed by atoms with Gasteiger partial charge in [0.15, 0.2) is 21.4 Å². The van der Waals surface area contributed by atoms with E-state index in [9.17, 15) is 8.42 Å². The van der Waals surface area contributed by atoms with Crippen molar-refractivity contribution in [3.8, 4) is 28.8 Å². The van der Waals surface area contributed by atoms with Gasteiger partial charge in [0, 0.05) is 5.02 Å². The highest BCUT2D eigenvalue weighted by molar-refractivity contribution is 7.91. The normalized spacial score (nSPS) is 12.5. The van der Waals surface area contributed by atoms with Gasteiger partial charge in [0.1, 0.15) is 22.9 Å². The van der Waals surface area contributed by atoms with Gasteiger partial charge in [-0.25, -0.2) is 8.42 Å². The number of para-hydroxylation sites is 1. The van der Waals surface area contributed by atoms with E-state index in [1.54, 1.807) is 54.0 Å². The predicted octanol–water partition coefficient (Wildman–Crippen LogP) is 4.74. The minimum Gasteiger partial charge on any atom is -0.494 e. The highest BCUT2D eigenvalue weighted by Gasteiger charge is 2.29. The molecule has 178 valence electrons. The lowest BCUT2D eigenvalue weighted by Crippen LogP contribution is -2.23. The lowest BCUT2D eigenvalue weighted by Gasteiger charge is -2.18. The van der Waals surface area contributed by atoms with Gasteiger partial charge in [-0.2, -0.15) is 0 Å². The minimum atomic E-state index is -3.62. The van der Waals surface area contributed by atoms with Crippen molar-refractivity contribution in [2.75, 3.05) is 14.2 Å². The van der Waals surface area contributed by atoms with Crippen LogP contribution in [0.4, 0.5) is 0 Å². The molecule has 0 bridgehead atoms. The summed E-state index contributed by atoms with van der Waals surface area (Å²) in [6.07, 6.45) is 1.86. The van der Waals surface area contributed by atoms with Crippen molar-refractivity contribution in [2.24, 2.45) is 0 Å². The first-order chi connectivity index (χ1) is 16.3. The number of benzene rings is 2. The first-order valence-corrected chi connectivity index (χ1v) is 12.6. The van der Waals surface area contributed by atoms with E-state index >= 15 is 0 Å². The third-order valence-corrected chi connectivity index (χ3v) is 7.78. The van der Waals surface area contributed by atoms with Gasteiger partial charge in [0.05, 0.1) is 25.7 Å². The summed E-state index contributed by atoms with van der Waals surface area (Å²) in [5, 5.41) is 8.42. The molecule has 10 heteroatoms. The number of aromatic nitrogens is 3. The Balaban J connectivity index is 1.77. The van der Waals surface area contributed by atoms with Crippen LogP contribution in [0.15, 0.2) is 65.3 Å². The van der Waals surface area contributed by atoms with Crippen molar-refractivity contribution in [1.82, 2.24) is 14.8 Å². The molecule has 4 aromatic rings. The maximum absolute atomic E-state index is 13.4. The molecule has 0 aliphatic rings. The number of hydrogen-bond donors (Lipinski definition) is 0. The molecule has 0 amide bonds. The summed E-state index contributed by atoms with van der Waals surface area (Å²) in [6, 6.07) is 15.9. The van der Waals surface area contributed by atoms with E-state index in [1.165, 1.54) is 20.5 Å². The van der Waals surface area contributed by atoms with E-state index in [2.05, 4.69) is 10.2 Å². The fourth-order valence-corrected chi connectivity index (χ4v) is 5.07. The second kappa shape index (κ2) is 9.90. The quantitative estimate of drug-likeness (QED) is 0.326. The third-order valence-electron chi connectivity index (χ3n) is 5.48. The van der Waals surface area contributed by atoms with E-state index in [-0.39, 0.29) is 11.6 Å². The SMILES string of the molecule is COc1cccc(OC)c1-n1c(CS(=O)(=O)[C@H](C)Cc2ccc(Cl)cc2)nnc1-c1ccco1. The van der Waals surface area contributed by atoms with Crippen LogP contribution in [0.2, 0.25) is 5.02 Å². The van der Waals surface area contributed by atoms with Gasteiger partial charge in [-0.1, -0.05) is 29.8 Å². The van der Waals surface area contributed by atoms with Crippen LogP contribution in [0.3, 0.4) is 0 Å². The van der Waals surface area contributed by atoms with Gasteiger partial charge in [-0.15, -0.1) is 10.2 Å². The topological polar surface area (TPSA) is 96.5 Å². The molecule has 2 aromatic heterocycles. The summed E-state index contributed by atoms with van der Waals surface area (Å²) < 4.78 is 45.0. The number of ether oxygens (including phenoxy) is 2. The molecule has 0 radical (unpaired) electrons. The highest BCUT2D eigenvalue weighted by Crippen LogP contribution is 2.36. The second-order valence-electron chi connectivity index (χ2n) is 7.71. The lowest BCUT2D eigenvalue weighted by molar-refractivity contribution is 0.390. The molecule has 34 heavy (non-hydrogen) atoms. The molecule has 0 aliphatic carbocycles. The smallest absolute Gasteiger partial charge is 0.204 e. The van der Waals surface area contributed by atoms with Crippen LogP contribution in [-0.2, 0) is 22.0 Å². The van der Waals surface area contributed by atoms with Gasteiger partial charge in [-0.05, 0) is 55.3 Å². The molecule has 4 rings (SSSR count). The van der Waals surface area contributed by atoms with Gasteiger partial charge < -0.3 is 13.9 Å². The van der Waals surface area contributed by atoms with Gasteiger partial charge >= 0.3 is 0 Å². The first-order valence-electron chi connectivity index (χ1n) is 10.5. The monoisotopic (exact) mass is 501 g/mol. The molecule has 0 saturated heterocycles. The Labute approximate surface area is 203 Å². The van der Waals surface area contributed by atoms with Crippen molar-refractivity contribution in [1.29, 1.82) is 0 Å². The summed E-state index contributed by atoms with van der Waals surface area (Å²) in [5.41, 5.74) is 1.36. The van der Waals surface area contributed by atoms with Crippen LogP contribution in [-0.4, -0.2) is 42.7 Å².